The molecule has 678 valence electrons. The van der Waals surface area contributed by atoms with E-state index in [0.29, 0.717) is 0 Å². The molecule has 1 unspecified atom stereocenters. The number of furan rings is 1. The summed E-state index contributed by atoms with van der Waals surface area (Å²) in [6.07, 6.45) is 0. The number of hydrogen-bond donors (Lipinski definition) is 0. The fraction of sp³-hybridized carbons (Fsp3) is 0.0417. The number of allylic oxidation sites excluding steroid dienone is 3. The Labute approximate surface area is 847 Å². The van der Waals surface area contributed by atoms with Crippen LogP contribution in [0.5, 0.6) is 11.5 Å². The molecule has 24 aromatic rings. The van der Waals surface area contributed by atoms with E-state index in [9.17, 15) is 0 Å². The van der Waals surface area contributed by atoms with Crippen molar-refractivity contribution >= 4 is 87.7 Å². The van der Waals surface area contributed by atoms with Crippen molar-refractivity contribution in [2.45, 2.75) is 37.0 Å². The molecule has 0 radical (unpaired) electrons. The zero-order chi connectivity index (χ0) is 95.8. The highest BCUT2D eigenvalue weighted by Crippen LogP contribution is 2.63. The molecule has 1 atom stereocenters. The maximum atomic E-state index is 7.03. The zero-order valence-electron chi connectivity index (χ0n) is 80.3. The zero-order valence-corrected chi connectivity index (χ0v) is 80.3. The molecule has 0 saturated carbocycles. The van der Waals surface area contributed by atoms with Crippen molar-refractivity contribution in [2.24, 2.45) is 0 Å². The topological polar surface area (TPSA) is 22.4 Å². The molecule has 0 saturated heterocycles. The molecular formula is C144H90O2. The minimum absolute atomic E-state index is 0.0342. The van der Waals surface area contributed by atoms with Gasteiger partial charge in [-0.3, -0.25) is 0 Å². The molecule has 23 aromatic carbocycles. The summed E-state index contributed by atoms with van der Waals surface area (Å²) in [7, 11) is 0. The number of para-hydroxylation sites is 1. The normalized spacial score (nSPS) is 14.5. The van der Waals surface area contributed by atoms with Crippen molar-refractivity contribution < 1.29 is 9.15 Å². The van der Waals surface area contributed by atoms with Gasteiger partial charge in [-0.2, -0.15) is 0 Å². The Bertz CT molecular complexity index is 9720. The Balaban J connectivity index is 0.478. The van der Waals surface area contributed by atoms with Gasteiger partial charge >= 0.3 is 0 Å². The lowest BCUT2D eigenvalue weighted by molar-refractivity contribution is 0.418. The third-order valence-corrected chi connectivity index (χ3v) is 33.4. The van der Waals surface area contributed by atoms with Gasteiger partial charge in [0.2, 0.25) is 0 Å². The van der Waals surface area contributed by atoms with Gasteiger partial charge in [0.25, 0.3) is 0 Å². The van der Waals surface area contributed by atoms with Crippen LogP contribution >= 0.6 is 0 Å². The summed E-state index contributed by atoms with van der Waals surface area (Å²) in [5, 5.41) is 9.61. The molecule has 6 aliphatic carbocycles. The van der Waals surface area contributed by atoms with Crippen molar-refractivity contribution in [1.29, 1.82) is 0 Å². The molecule has 0 spiro atoms. The molecule has 31 rings (SSSR count). The number of hydrogen-bond acceptors (Lipinski definition) is 2. The number of fused-ring (bicyclic) bond motifs is 29. The molecule has 0 amide bonds. The van der Waals surface area contributed by atoms with Gasteiger partial charge in [0.05, 0.1) is 0 Å². The summed E-state index contributed by atoms with van der Waals surface area (Å²) in [6.45, 7) is 4.63. The highest BCUT2D eigenvalue weighted by molar-refractivity contribution is 6.27. The first-order chi connectivity index (χ1) is 72.2. The quantitative estimate of drug-likeness (QED) is 0.120. The predicted octanol–water partition coefficient (Wildman–Crippen LogP) is 38.1. The maximum absolute atomic E-state index is 7.03. The molecule has 2 heteroatoms. The van der Waals surface area contributed by atoms with Crippen molar-refractivity contribution in [1.82, 2.24) is 0 Å². The van der Waals surface area contributed by atoms with Crippen molar-refractivity contribution in [3.63, 3.8) is 0 Å². The van der Waals surface area contributed by atoms with Crippen LogP contribution in [0.4, 0.5) is 0 Å². The summed E-state index contributed by atoms with van der Waals surface area (Å²) >= 11 is 0. The molecule has 146 heavy (non-hydrogen) atoms. The molecule has 0 fully saturated rings. The van der Waals surface area contributed by atoms with E-state index in [2.05, 4.69) is 505 Å². The van der Waals surface area contributed by atoms with Crippen LogP contribution in [0, 0.1) is 0 Å². The van der Waals surface area contributed by atoms with E-state index in [1.807, 2.05) is 0 Å². The summed E-state index contributed by atoms with van der Waals surface area (Å²) in [6, 6.07) is 186. The summed E-state index contributed by atoms with van der Waals surface area (Å²) in [5.41, 5.74) is 57.8. The van der Waals surface area contributed by atoms with Gasteiger partial charge < -0.3 is 9.15 Å². The maximum Gasteiger partial charge on any atom is 0.136 e. The van der Waals surface area contributed by atoms with Gasteiger partial charge in [-0.05, 0) is 338 Å². The van der Waals surface area contributed by atoms with E-state index in [4.69, 9.17) is 9.15 Å². The second kappa shape index (κ2) is 31.8. The number of benzene rings is 23. The highest BCUT2D eigenvalue weighted by atomic mass is 16.5. The van der Waals surface area contributed by atoms with E-state index in [-0.39, 0.29) is 23.2 Å². The van der Waals surface area contributed by atoms with Crippen LogP contribution in [-0.2, 0) is 5.41 Å². The molecule has 2 nitrogen and oxygen atoms in total. The van der Waals surface area contributed by atoms with Crippen LogP contribution in [0.2, 0.25) is 0 Å². The summed E-state index contributed by atoms with van der Waals surface area (Å²) in [5.74, 6) is 1.76. The van der Waals surface area contributed by atoms with E-state index in [1.165, 1.54) is 260 Å². The van der Waals surface area contributed by atoms with Gasteiger partial charge in [-0.25, -0.2) is 0 Å². The lowest BCUT2D eigenvalue weighted by Crippen LogP contribution is -2.24. The number of ether oxygens (including phenoxy) is 1. The molecule has 1 aliphatic heterocycles. The molecule has 0 N–H and O–H groups in total. The average Bonchev–Trinajstić information content (AvgIpc) is 1.52. The van der Waals surface area contributed by atoms with E-state index in [0.717, 1.165) is 55.7 Å². The lowest BCUT2D eigenvalue weighted by Gasteiger charge is -2.34. The van der Waals surface area contributed by atoms with Gasteiger partial charge in [0, 0.05) is 45.1 Å². The Kier molecular flexibility index (Phi) is 18.0. The van der Waals surface area contributed by atoms with Crippen LogP contribution in [0.25, 0.3) is 210 Å². The minimum Gasteiger partial charge on any atom is -0.457 e. The molecule has 1 aromatic heterocycles. The Morgan fingerprint density at radius 3 is 0.849 bits per heavy atom. The summed E-state index contributed by atoms with van der Waals surface area (Å²) in [4.78, 5) is 0. The molecular weight excluding hydrogens is 1760 g/mol. The highest BCUT2D eigenvalue weighted by Gasteiger charge is 2.43. The Hall–Kier alpha value is -18.3. The SMILES string of the molecule is CC1(C)c2ccccc2Oc2ccc(-c3ccc(/C(=C4\c5ccccc5-c5ccc(-c6ccc7c8ccc(-c9ccc(C(=C%10c%11ccccc%11-c%11ccccc%11%10)C%10c%11ccccc%11-c%11cc(-c%12ccc%13c(c%12)oc%12cc(-c%14ccc(C(=C%15c%16ccccc%16-c%16ccccc%16%15)C%15c%16ccccc%16-c%16ccccc%16%15)cc%14)ccc%12%13)ccc%11%10)cc9)cc8c8ccccc8c7c6)cc54)C4c5ccccc5-c5ccccc54)cc3)cc21. The largest absolute Gasteiger partial charge is 0.457 e. The fourth-order valence-corrected chi connectivity index (χ4v) is 26.7. The third-order valence-electron chi connectivity index (χ3n) is 33.4. The van der Waals surface area contributed by atoms with Crippen molar-refractivity contribution in [3.8, 4) is 134 Å². The smallest absolute Gasteiger partial charge is 0.136 e. The second-order valence-corrected chi connectivity index (χ2v) is 41.1. The average molecular weight is 1850 g/mol. The van der Waals surface area contributed by atoms with Gasteiger partial charge in [-0.1, -0.05) is 438 Å². The monoisotopic (exact) mass is 1850 g/mol. The first-order valence-electron chi connectivity index (χ1n) is 51.2. The molecule has 0 bridgehead atoms. The van der Waals surface area contributed by atoms with Gasteiger partial charge in [-0.15, -0.1) is 0 Å². The standard InChI is InChI=1S/C144H90O2/c1-144(2)129-49-25-26-50-131(129)145-132-76-69-94(81-130(132)144)85-53-59-89(60-54-85)137(141-120-45-21-11-33-103(120)104-34-12-22-46-121(104)141)143-122-47-23-13-35-105(122)111-72-65-93(80-128(111)143)91-64-71-110-109-70-63-90(77-125(109)106-36-3-4-37-107(106)126(110)78-91)84-51-57-88(58-52-84)136(140-118-43-19-9-31-101(118)102-32-10-20-44-119(102)140)142-123-48-24-14-38-108(123)127-79-92(68-75-124(127)142)96-67-74-113-112-73-66-95(82-133(112)146-134(113)83-96)86-55-61-87(62-56-86)135(138-114-39-15-5-27-97(114)98-28-6-16-40-115(98)138)139-116-41-17-7-29-99(116)100-30-8-18-42-117(100)139/h3-83,138,141-142H,1-2H3/b143-137-. The van der Waals surface area contributed by atoms with Crippen LogP contribution in [0.15, 0.2) is 496 Å². The Morgan fingerprint density at radius 2 is 0.432 bits per heavy atom. The van der Waals surface area contributed by atoms with Crippen molar-refractivity contribution in [3.05, 3.63) is 586 Å². The van der Waals surface area contributed by atoms with E-state index < -0.39 is 0 Å². The summed E-state index contributed by atoms with van der Waals surface area (Å²) < 4.78 is 13.6. The van der Waals surface area contributed by atoms with Crippen LogP contribution in [-0.4, -0.2) is 0 Å². The van der Waals surface area contributed by atoms with Crippen LogP contribution in [0.3, 0.4) is 0 Å². The first-order valence-corrected chi connectivity index (χ1v) is 51.2. The number of rotatable bonds is 11. The van der Waals surface area contributed by atoms with Gasteiger partial charge in [0.15, 0.2) is 0 Å². The van der Waals surface area contributed by atoms with Crippen LogP contribution < -0.4 is 4.74 Å². The van der Waals surface area contributed by atoms with E-state index in [1.54, 1.807) is 0 Å². The minimum atomic E-state index is -0.238. The predicted molar refractivity (Wildman–Crippen MR) is 607 cm³/mol. The molecule has 7 aliphatic rings. The van der Waals surface area contributed by atoms with E-state index >= 15 is 0 Å². The second-order valence-electron chi connectivity index (χ2n) is 41.1. The van der Waals surface area contributed by atoms with Gasteiger partial charge in [0.1, 0.15) is 22.7 Å². The third kappa shape index (κ3) is 12.3. The fourth-order valence-electron chi connectivity index (χ4n) is 26.7. The lowest BCUT2D eigenvalue weighted by atomic mass is 9.75. The van der Waals surface area contributed by atoms with Crippen molar-refractivity contribution in [2.75, 3.05) is 0 Å². The first kappa shape index (κ1) is 82.4. The molecule has 2 heterocycles. The van der Waals surface area contributed by atoms with Crippen LogP contribution in [0.1, 0.15) is 126 Å². The Morgan fingerprint density at radius 1 is 0.171 bits per heavy atom.